The number of aryl methyl sites for hydroxylation is 1. The summed E-state index contributed by atoms with van der Waals surface area (Å²) in [5.41, 5.74) is 2.82. The van der Waals surface area contributed by atoms with Crippen LogP contribution in [-0.2, 0) is 9.59 Å². The Kier molecular flexibility index (Phi) is 5.03. The minimum Gasteiger partial charge on any atom is -0.484 e. The monoisotopic (exact) mass is 338 g/mol. The molecule has 1 aliphatic rings. The van der Waals surface area contributed by atoms with Crippen LogP contribution in [0.2, 0.25) is 0 Å². The van der Waals surface area contributed by atoms with Gasteiger partial charge in [0.15, 0.2) is 6.61 Å². The summed E-state index contributed by atoms with van der Waals surface area (Å²) >= 11 is 0. The van der Waals surface area contributed by atoms with Gasteiger partial charge in [0, 0.05) is 31.4 Å². The van der Waals surface area contributed by atoms with Crippen molar-refractivity contribution in [2.75, 3.05) is 30.0 Å². The highest BCUT2D eigenvalue weighted by Gasteiger charge is 2.21. The number of carbonyl (C=O) groups is 2. The molecule has 1 aliphatic heterocycles. The number of nitrogens with zero attached hydrogens (tertiary/aromatic N) is 2. The molecule has 2 aromatic carbocycles. The highest BCUT2D eigenvalue weighted by Crippen LogP contribution is 2.24. The molecular weight excluding hydrogens is 316 g/mol. The number of carbonyl (C=O) groups excluding carboxylic acids is 2. The van der Waals surface area contributed by atoms with E-state index in [-0.39, 0.29) is 18.4 Å². The van der Waals surface area contributed by atoms with Crippen LogP contribution >= 0.6 is 0 Å². The summed E-state index contributed by atoms with van der Waals surface area (Å²) < 4.78 is 5.59. The molecule has 130 valence electrons. The number of ether oxygens (including phenoxy) is 1. The molecular formula is C20H22N2O3. The van der Waals surface area contributed by atoms with Gasteiger partial charge in [-0.1, -0.05) is 12.1 Å². The van der Waals surface area contributed by atoms with Crippen LogP contribution in [0.3, 0.4) is 0 Å². The molecule has 0 aromatic heterocycles. The number of hydrogen-bond acceptors (Lipinski definition) is 3. The summed E-state index contributed by atoms with van der Waals surface area (Å²) in [4.78, 5) is 27.4. The molecule has 0 N–H and O–H groups in total. The van der Waals surface area contributed by atoms with Crippen molar-refractivity contribution < 1.29 is 14.3 Å². The molecule has 0 spiro atoms. The van der Waals surface area contributed by atoms with Gasteiger partial charge >= 0.3 is 0 Å². The second kappa shape index (κ2) is 7.38. The normalized spacial score (nSPS) is 13.8. The highest BCUT2D eigenvalue weighted by atomic mass is 16.5. The van der Waals surface area contributed by atoms with Gasteiger partial charge < -0.3 is 14.5 Å². The van der Waals surface area contributed by atoms with Crippen molar-refractivity contribution in [1.29, 1.82) is 0 Å². The van der Waals surface area contributed by atoms with Crippen LogP contribution in [0.15, 0.2) is 48.5 Å². The van der Waals surface area contributed by atoms with Gasteiger partial charge in [-0.3, -0.25) is 9.59 Å². The van der Waals surface area contributed by atoms with Crippen molar-refractivity contribution in [1.82, 2.24) is 0 Å². The zero-order chi connectivity index (χ0) is 17.8. The van der Waals surface area contributed by atoms with E-state index in [2.05, 4.69) is 0 Å². The zero-order valence-electron chi connectivity index (χ0n) is 14.6. The van der Waals surface area contributed by atoms with Gasteiger partial charge in [-0.15, -0.1) is 0 Å². The largest absolute Gasteiger partial charge is 0.484 e. The first-order chi connectivity index (χ1) is 12.0. The summed E-state index contributed by atoms with van der Waals surface area (Å²) in [6.07, 6.45) is 1.51. The van der Waals surface area contributed by atoms with E-state index in [1.54, 1.807) is 29.0 Å². The summed E-state index contributed by atoms with van der Waals surface area (Å²) in [6.45, 7) is 2.72. The number of likely N-dealkylation sites (N-methyl/N-ethyl adjacent to an activating group) is 1. The first-order valence-electron chi connectivity index (χ1n) is 8.41. The molecule has 0 unspecified atom stereocenters. The highest BCUT2D eigenvalue weighted by molar-refractivity contribution is 5.95. The minimum atomic E-state index is -0.121. The SMILES string of the molecule is Cc1cccc(N(C)C(=O)COc2ccc(N3CCCC3=O)cc2)c1. The van der Waals surface area contributed by atoms with Crippen molar-refractivity contribution in [2.45, 2.75) is 19.8 Å². The Bertz CT molecular complexity index is 771. The quantitative estimate of drug-likeness (QED) is 0.841. The van der Waals surface area contributed by atoms with E-state index in [0.29, 0.717) is 12.2 Å². The van der Waals surface area contributed by atoms with Gasteiger partial charge in [-0.05, 0) is 55.3 Å². The Labute approximate surface area is 147 Å². The lowest BCUT2D eigenvalue weighted by Gasteiger charge is -2.19. The molecule has 25 heavy (non-hydrogen) atoms. The van der Waals surface area contributed by atoms with Crippen LogP contribution in [0.5, 0.6) is 5.75 Å². The number of amides is 2. The summed E-state index contributed by atoms with van der Waals surface area (Å²) in [5.74, 6) is 0.648. The van der Waals surface area contributed by atoms with Crippen molar-refractivity contribution in [3.8, 4) is 5.75 Å². The fourth-order valence-electron chi connectivity index (χ4n) is 2.87. The number of hydrogen-bond donors (Lipinski definition) is 0. The number of benzene rings is 2. The minimum absolute atomic E-state index is 0.0353. The van der Waals surface area contributed by atoms with Crippen molar-refractivity contribution in [3.05, 3.63) is 54.1 Å². The van der Waals surface area contributed by atoms with Gasteiger partial charge in [0.25, 0.3) is 5.91 Å². The van der Waals surface area contributed by atoms with E-state index in [9.17, 15) is 9.59 Å². The van der Waals surface area contributed by atoms with Gasteiger partial charge in [0.1, 0.15) is 5.75 Å². The van der Waals surface area contributed by atoms with Crippen LogP contribution in [0.4, 0.5) is 11.4 Å². The molecule has 0 radical (unpaired) electrons. The van der Waals surface area contributed by atoms with Crippen molar-refractivity contribution in [3.63, 3.8) is 0 Å². The standard InChI is InChI=1S/C20H22N2O3/c1-15-5-3-6-17(13-15)21(2)20(24)14-25-18-10-8-16(9-11-18)22-12-4-7-19(22)23/h3,5-6,8-11,13H,4,7,12,14H2,1-2H3. The van der Waals surface area contributed by atoms with E-state index >= 15 is 0 Å². The average molecular weight is 338 g/mol. The molecule has 0 atom stereocenters. The Morgan fingerprint density at radius 3 is 2.60 bits per heavy atom. The zero-order valence-corrected chi connectivity index (χ0v) is 14.6. The lowest BCUT2D eigenvalue weighted by atomic mass is 10.2. The van der Waals surface area contributed by atoms with E-state index in [1.165, 1.54) is 0 Å². The average Bonchev–Trinajstić information content (AvgIpc) is 3.05. The van der Waals surface area contributed by atoms with Gasteiger partial charge in [0.05, 0.1) is 0 Å². The molecule has 2 amide bonds. The van der Waals surface area contributed by atoms with Crippen LogP contribution in [0.1, 0.15) is 18.4 Å². The summed E-state index contributed by atoms with van der Waals surface area (Å²) in [5, 5.41) is 0. The maximum atomic E-state index is 12.3. The first kappa shape index (κ1) is 17.0. The Morgan fingerprint density at radius 1 is 1.20 bits per heavy atom. The maximum absolute atomic E-state index is 12.3. The fourth-order valence-corrected chi connectivity index (χ4v) is 2.87. The lowest BCUT2D eigenvalue weighted by Crippen LogP contribution is -2.31. The third kappa shape index (κ3) is 3.99. The molecule has 1 heterocycles. The van der Waals surface area contributed by atoms with E-state index in [0.717, 1.165) is 29.9 Å². The lowest BCUT2D eigenvalue weighted by molar-refractivity contribution is -0.120. The predicted molar refractivity (Wildman–Crippen MR) is 98.1 cm³/mol. The van der Waals surface area contributed by atoms with E-state index in [4.69, 9.17) is 4.74 Å². The maximum Gasteiger partial charge on any atom is 0.264 e. The van der Waals surface area contributed by atoms with Crippen LogP contribution in [-0.4, -0.2) is 32.0 Å². The Hall–Kier alpha value is -2.82. The molecule has 5 heteroatoms. The molecule has 1 fully saturated rings. The molecule has 1 saturated heterocycles. The Morgan fingerprint density at radius 2 is 1.96 bits per heavy atom. The molecule has 5 nitrogen and oxygen atoms in total. The van der Waals surface area contributed by atoms with Gasteiger partial charge in [-0.2, -0.15) is 0 Å². The van der Waals surface area contributed by atoms with Crippen LogP contribution < -0.4 is 14.5 Å². The fraction of sp³-hybridized carbons (Fsp3) is 0.300. The third-order valence-corrected chi connectivity index (χ3v) is 4.35. The Balaban J connectivity index is 1.57. The predicted octanol–water partition coefficient (Wildman–Crippen LogP) is 3.16. The van der Waals surface area contributed by atoms with Crippen molar-refractivity contribution in [2.24, 2.45) is 0 Å². The molecule has 3 rings (SSSR count). The second-order valence-corrected chi connectivity index (χ2v) is 6.22. The first-order valence-corrected chi connectivity index (χ1v) is 8.41. The van der Waals surface area contributed by atoms with E-state index in [1.807, 2.05) is 43.3 Å². The molecule has 0 bridgehead atoms. The summed E-state index contributed by atoms with van der Waals surface area (Å²) in [6, 6.07) is 15.1. The number of anilines is 2. The molecule has 0 aliphatic carbocycles. The van der Waals surface area contributed by atoms with Crippen LogP contribution in [0, 0.1) is 6.92 Å². The van der Waals surface area contributed by atoms with Crippen LogP contribution in [0.25, 0.3) is 0 Å². The van der Waals surface area contributed by atoms with Gasteiger partial charge in [0.2, 0.25) is 5.91 Å². The second-order valence-electron chi connectivity index (χ2n) is 6.22. The molecule has 0 saturated carbocycles. The van der Waals surface area contributed by atoms with Crippen molar-refractivity contribution >= 4 is 23.2 Å². The molecule has 2 aromatic rings. The summed E-state index contributed by atoms with van der Waals surface area (Å²) in [7, 11) is 1.74. The van der Waals surface area contributed by atoms with E-state index < -0.39 is 0 Å². The van der Waals surface area contributed by atoms with Gasteiger partial charge in [-0.25, -0.2) is 0 Å². The smallest absolute Gasteiger partial charge is 0.264 e. The third-order valence-electron chi connectivity index (χ3n) is 4.35. The number of rotatable bonds is 5. The topological polar surface area (TPSA) is 49.9 Å².